The smallest absolute Gasteiger partial charge is 0.260 e. The van der Waals surface area contributed by atoms with E-state index in [1.807, 2.05) is 4.90 Å². The Hall–Kier alpha value is -1.52. The predicted octanol–water partition coefficient (Wildman–Crippen LogP) is 3.08. The number of hydrogen-bond acceptors (Lipinski definition) is 3. The minimum absolute atomic E-state index is 0.0671. The van der Waals surface area contributed by atoms with Gasteiger partial charge in [0.15, 0.2) is 6.61 Å². The maximum Gasteiger partial charge on any atom is 0.260 e. The lowest BCUT2D eigenvalue weighted by Crippen LogP contribution is -2.51. The van der Waals surface area contributed by atoms with Crippen molar-refractivity contribution < 1.29 is 9.53 Å². The van der Waals surface area contributed by atoms with Crippen molar-refractivity contribution >= 4 is 17.5 Å². The molecule has 134 valence electrons. The summed E-state index contributed by atoms with van der Waals surface area (Å²) in [6.07, 6.45) is 7.55. The first kappa shape index (κ1) is 16.9. The summed E-state index contributed by atoms with van der Waals surface area (Å²) in [4.78, 5) is 16.8. The van der Waals surface area contributed by atoms with Crippen molar-refractivity contribution in [1.29, 1.82) is 0 Å². The zero-order chi connectivity index (χ0) is 17.2. The summed E-state index contributed by atoms with van der Waals surface area (Å²) in [5.41, 5.74) is 0. The van der Waals surface area contributed by atoms with Gasteiger partial charge in [-0.25, -0.2) is 0 Å². The molecule has 1 aromatic rings. The van der Waals surface area contributed by atoms with Crippen LogP contribution in [0.25, 0.3) is 0 Å². The van der Waals surface area contributed by atoms with Gasteiger partial charge in [0, 0.05) is 37.7 Å². The number of piperazine rings is 1. The number of rotatable bonds is 5. The van der Waals surface area contributed by atoms with Gasteiger partial charge in [-0.3, -0.25) is 9.69 Å². The zero-order valence-electron chi connectivity index (χ0n) is 14.4. The molecule has 4 nitrogen and oxygen atoms in total. The van der Waals surface area contributed by atoms with Crippen LogP contribution in [0.3, 0.4) is 0 Å². The summed E-state index contributed by atoms with van der Waals surface area (Å²) in [6.45, 7) is 4.85. The van der Waals surface area contributed by atoms with E-state index in [-0.39, 0.29) is 12.5 Å². The Kier molecular flexibility index (Phi) is 5.00. The topological polar surface area (TPSA) is 32.8 Å². The maximum absolute atomic E-state index is 12.3. The number of carbonyl (C=O) groups is 1. The van der Waals surface area contributed by atoms with Crippen molar-refractivity contribution in [2.75, 3.05) is 39.3 Å². The van der Waals surface area contributed by atoms with Gasteiger partial charge in [0.05, 0.1) is 0 Å². The number of fused-ring (bicyclic) bond motifs is 2. The molecule has 1 aliphatic heterocycles. The second kappa shape index (κ2) is 7.38. The van der Waals surface area contributed by atoms with Crippen LogP contribution in [0.15, 0.2) is 36.4 Å². The molecular weight excluding hydrogens is 336 g/mol. The number of benzene rings is 1. The minimum Gasteiger partial charge on any atom is -0.484 e. The maximum atomic E-state index is 12.3. The molecule has 1 heterocycles. The van der Waals surface area contributed by atoms with Gasteiger partial charge in [0.1, 0.15) is 5.75 Å². The Balaban J connectivity index is 1.19. The van der Waals surface area contributed by atoms with Crippen LogP contribution in [0.4, 0.5) is 0 Å². The second-order valence-corrected chi connectivity index (χ2v) is 7.90. The highest BCUT2D eigenvalue weighted by Gasteiger charge is 2.36. The Labute approximate surface area is 154 Å². The van der Waals surface area contributed by atoms with Crippen molar-refractivity contribution in [3.05, 3.63) is 41.4 Å². The van der Waals surface area contributed by atoms with E-state index in [4.69, 9.17) is 16.3 Å². The van der Waals surface area contributed by atoms with E-state index in [1.165, 1.54) is 19.4 Å². The monoisotopic (exact) mass is 360 g/mol. The summed E-state index contributed by atoms with van der Waals surface area (Å²) in [7, 11) is 0. The van der Waals surface area contributed by atoms with Crippen LogP contribution in [0.5, 0.6) is 5.75 Å². The summed E-state index contributed by atoms with van der Waals surface area (Å²) >= 11 is 5.85. The van der Waals surface area contributed by atoms with Gasteiger partial charge in [0.2, 0.25) is 0 Å². The van der Waals surface area contributed by atoms with E-state index >= 15 is 0 Å². The number of allylic oxidation sites excluding steroid dienone is 2. The third kappa shape index (κ3) is 4.01. The van der Waals surface area contributed by atoms with Gasteiger partial charge in [0.25, 0.3) is 5.91 Å². The van der Waals surface area contributed by atoms with E-state index in [1.54, 1.807) is 24.3 Å². The number of nitrogens with zero attached hydrogens (tertiary/aromatic N) is 2. The van der Waals surface area contributed by atoms with Gasteiger partial charge in [-0.05, 0) is 54.9 Å². The normalized spacial score (nSPS) is 28.5. The predicted molar refractivity (Wildman–Crippen MR) is 98.8 cm³/mol. The molecule has 0 N–H and O–H groups in total. The first-order chi connectivity index (χ1) is 12.2. The summed E-state index contributed by atoms with van der Waals surface area (Å²) in [6, 6.07) is 7.12. The van der Waals surface area contributed by atoms with Crippen LogP contribution >= 0.6 is 11.6 Å². The fourth-order valence-corrected chi connectivity index (χ4v) is 4.51. The van der Waals surface area contributed by atoms with E-state index in [2.05, 4.69) is 17.1 Å². The van der Waals surface area contributed by atoms with Gasteiger partial charge >= 0.3 is 0 Å². The highest BCUT2D eigenvalue weighted by Crippen LogP contribution is 2.43. The third-order valence-electron chi connectivity index (χ3n) is 5.81. The fourth-order valence-electron chi connectivity index (χ4n) is 4.38. The van der Waals surface area contributed by atoms with Crippen LogP contribution in [-0.4, -0.2) is 55.0 Å². The molecule has 0 unspecified atom stereocenters. The third-order valence-corrected chi connectivity index (χ3v) is 6.06. The van der Waals surface area contributed by atoms with E-state index < -0.39 is 0 Å². The molecule has 1 amide bonds. The standard InChI is InChI=1S/C20H25ClN2O2/c21-18-3-5-19(6-4-18)25-14-20(24)23-9-7-22(8-10-23)13-17-12-15-1-2-16(17)11-15/h1-6,15-17H,7-14H2/t15-,16-,17+/m0/s1. The zero-order valence-corrected chi connectivity index (χ0v) is 15.2. The number of halogens is 1. The Morgan fingerprint density at radius 2 is 1.84 bits per heavy atom. The Morgan fingerprint density at radius 3 is 2.48 bits per heavy atom. The average molecular weight is 361 g/mol. The molecule has 25 heavy (non-hydrogen) atoms. The second-order valence-electron chi connectivity index (χ2n) is 7.46. The number of hydrogen-bond donors (Lipinski definition) is 0. The average Bonchev–Trinajstić information content (AvgIpc) is 3.25. The summed E-state index contributed by atoms with van der Waals surface area (Å²) < 4.78 is 5.57. The SMILES string of the molecule is O=C(COc1ccc(Cl)cc1)N1CCN(C[C@H]2C[C@H]3C=C[C@H]2C3)CC1. The molecule has 2 bridgehead atoms. The Morgan fingerprint density at radius 1 is 1.08 bits per heavy atom. The van der Waals surface area contributed by atoms with Crippen molar-refractivity contribution in [2.45, 2.75) is 12.8 Å². The molecule has 5 heteroatoms. The molecule has 0 aromatic heterocycles. The van der Waals surface area contributed by atoms with E-state index in [0.717, 1.165) is 43.9 Å². The van der Waals surface area contributed by atoms with Crippen LogP contribution in [0, 0.1) is 17.8 Å². The largest absolute Gasteiger partial charge is 0.484 e. The highest BCUT2D eigenvalue weighted by molar-refractivity contribution is 6.30. The molecular formula is C20H25ClN2O2. The summed E-state index contributed by atoms with van der Waals surface area (Å²) in [5, 5.41) is 0.667. The fraction of sp³-hybridized carbons (Fsp3) is 0.550. The molecule has 2 aliphatic carbocycles. The van der Waals surface area contributed by atoms with Crippen molar-refractivity contribution in [1.82, 2.24) is 9.80 Å². The molecule has 2 fully saturated rings. The molecule has 0 radical (unpaired) electrons. The van der Waals surface area contributed by atoms with Crippen LogP contribution in [0.2, 0.25) is 5.02 Å². The molecule has 1 saturated heterocycles. The number of carbonyl (C=O) groups excluding carboxylic acids is 1. The van der Waals surface area contributed by atoms with Crippen molar-refractivity contribution in [2.24, 2.45) is 17.8 Å². The number of ether oxygens (including phenoxy) is 1. The molecule has 3 atom stereocenters. The van der Waals surface area contributed by atoms with Crippen LogP contribution in [-0.2, 0) is 4.79 Å². The number of amides is 1. The first-order valence-electron chi connectivity index (χ1n) is 9.24. The van der Waals surface area contributed by atoms with Crippen LogP contribution < -0.4 is 4.74 Å². The molecule has 3 aliphatic rings. The van der Waals surface area contributed by atoms with Crippen molar-refractivity contribution in [3.8, 4) is 5.75 Å². The molecule has 4 rings (SSSR count). The van der Waals surface area contributed by atoms with Gasteiger partial charge in [-0.15, -0.1) is 0 Å². The lowest BCUT2D eigenvalue weighted by atomic mass is 9.93. The summed E-state index contributed by atoms with van der Waals surface area (Å²) in [5.74, 6) is 3.21. The first-order valence-corrected chi connectivity index (χ1v) is 9.62. The highest BCUT2D eigenvalue weighted by atomic mass is 35.5. The van der Waals surface area contributed by atoms with Crippen molar-refractivity contribution in [3.63, 3.8) is 0 Å². The van der Waals surface area contributed by atoms with E-state index in [9.17, 15) is 4.79 Å². The lowest BCUT2D eigenvalue weighted by Gasteiger charge is -2.36. The van der Waals surface area contributed by atoms with Gasteiger partial charge in [-0.1, -0.05) is 23.8 Å². The van der Waals surface area contributed by atoms with Gasteiger partial charge in [-0.2, -0.15) is 0 Å². The van der Waals surface area contributed by atoms with Gasteiger partial charge < -0.3 is 9.64 Å². The lowest BCUT2D eigenvalue weighted by molar-refractivity contribution is -0.135. The van der Waals surface area contributed by atoms with Crippen LogP contribution in [0.1, 0.15) is 12.8 Å². The minimum atomic E-state index is 0.0671. The quantitative estimate of drug-likeness (QED) is 0.756. The van der Waals surface area contributed by atoms with E-state index in [0.29, 0.717) is 10.8 Å². The molecule has 1 aromatic carbocycles. The molecule has 1 saturated carbocycles. The molecule has 0 spiro atoms. The Bertz CT molecular complexity index is 638.